The van der Waals surface area contributed by atoms with Gasteiger partial charge in [-0.25, -0.2) is 4.79 Å². The fraction of sp³-hybridized carbons (Fsp3) is 0.864. The molecule has 0 saturated carbocycles. The van der Waals surface area contributed by atoms with Crippen molar-refractivity contribution in [2.45, 2.75) is 322 Å². The molecule has 0 rings (SSSR count). The lowest BCUT2D eigenvalue weighted by atomic mass is 10.0. The lowest BCUT2D eigenvalue weighted by molar-refractivity contribution is -0.870. The summed E-state index contributed by atoms with van der Waals surface area (Å²) in [5.41, 5.74) is 0. The van der Waals surface area contributed by atoms with Crippen LogP contribution in [0, 0.1) is 0 Å². The molecular formula is C66H124NO8+. The van der Waals surface area contributed by atoms with Crippen LogP contribution in [0.1, 0.15) is 309 Å². The van der Waals surface area contributed by atoms with Crippen LogP contribution in [0.4, 0.5) is 0 Å². The molecule has 0 radical (unpaired) electrons. The van der Waals surface area contributed by atoms with E-state index >= 15 is 0 Å². The van der Waals surface area contributed by atoms with Gasteiger partial charge in [0.2, 0.25) is 0 Å². The summed E-state index contributed by atoms with van der Waals surface area (Å²) in [5.74, 6) is -1.98. The molecule has 9 heteroatoms. The first kappa shape index (κ1) is 72.5. The van der Waals surface area contributed by atoms with Crippen LogP contribution in [0.15, 0.2) is 36.5 Å². The highest BCUT2D eigenvalue weighted by Crippen LogP contribution is 2.18. The predicted molar refractivity (Wildman–Crippen MR) is 318 cm³/mol. The van der Waals surface area contributed by atoms with Crippen molar-refractivity contribution < 1.29 is 42.9 Å². The monoisotopic (exact) mass is 1060 g/mol. The number of unbranched alkanes of at least 4 members (excludes halogenated alkanes) is 39. The number of ether oxygens (including phenoxy) is 4. The molecule has 0 spiro atoms. The van der Waals surface area contributed by atoms with Crippen LogP contribution in [0.5, 0.6) is 0 Å². The lowest BCUT2D eigenvalue weighted by Crippen LogP contribution is -2.40. The van der Waals surface area contributed by atoms with Crippen molar-refractivity contribution in [2.24, 2.45) is 0 Å². The average Bonchev–Trinajstić information content (AvgIpc) is 3.38. The van der Waals surface area contributed by atoms with Crippen LogP contribution in [-0.2, 0) is 33.3 Å². The first-order valence-corrected chi connectivity index (χ1v) is 32.2. The smallest absolute Gasteiger partial charge is 0.361 e. The second kappa shape index (κ2) is 57.7. The van der Waals surface area contributed by atoms with Gasteiger partial charge in [0.05, 0.1) is 34.4 Å². The summed E-state index contributed by atoms with van der Waals surface area (Å²) >= 11 is 0. The van der Waals surface area contributed by atoms with Crippen molar-refractivity contribution in [1.82, 2.24) is 0 Å². The van der Waals surface area contributed by atoms with Crippen molar-refractivity contribution >= 4 is 17.9 Å². The number of esters is 2. The Hall–Kier alpha value is -2.49. The minimum Gasteiger partial charge on any atom is -0.477 e. The van der Waals surface area contributed by atoms with Crippen molar-refractivity contribution in [3.8, 4) is 0 Å². The summed E-state index contributed by atoms with van der Waals surface area (Å²) < 4.78 is 22.9. The highest BCUT2D eigenvalue weighted by Gasteiger charge is 2.25. The van der Waals surface area contributed by atoms with Crippen molar-refractivity contribution in [1.29, 1.82) is 0 Å². The molecule has 75 heavy (non-hydrogen) atoms. The van der Waals surface area contributed by atoms with E-state index in [1.807, 2.05) is 21.1 Å². The van der Waals surface area contributed by atoms with Gasteiger partial charge >= 0.3 is 17.9 Å². The quantitative estimate of drug-likeness (QED) is 0.0211. The molecule has 0 saturated heterocycles. The maximum absolute atomic E-state index is 12.9. The summed E-state index contributed by atoms with van der Waals surface area (Å²) in [6.45, 7) is 4.92. The minimum atomic E-state index is -1.51. The zero-order valence-corrected chi connectivity index (χ0v) is 50.2. The molecule has 0 aromatic rings. The van der Waals surface area contributed by atoms with Gasteiger partial charge in [0.1, 0.15) is 13.2 Å². The number of carbonyl (C=O) groups excluding carboxylic acids is 2. The number of rotatable bonds is 60. The van der Waals surface area contributed by atoms with E-state index in [1.54, 1.807) is 0 Å². The van der Waals surface area contributed by atoms with E-state index in [9.17, 15) is 19.5 Å². The summed E-state index contributed by atoms with van der Waals surface area (Å²) in [5, 5.41) is 9.71. The third kappa shape index (κ3) is 59.0. The first-order chi connectivity index (χ1) is 36.6. The molecule has 1 N–H and O–H groups in total. The third-order valence-corrected chi connectivity index (χ3v) is 14.4. The van der Waals surface area contributed by atoms with Gasteiger partial charge in [-0.05, 0) is 51.4 Å². The SMILES string of the molecule is CCCCCCC/C=C\C/C=C\C/C=C\CCCCCCCCCCCCCCCCCCCCC(=O)OC(COC(=O)CCCCCCCCCCCCCCCCCCC)COC(OCC[N+](C)(C)C)C(=O)O. The molecule has 9 nitrogen and oxygen atoms in total. The lowest BCUT2D eigenvalue weighted by Gasteiger charge is -2.25. The Bertz CT molecular complexity index is 1320. The van der Waals surface area contributed by atoms with Gasteiger partial charge in [-0.1, -0.05) is 281 Å². The topological polar surface area (TPSA) is 108 Å². The number of hydrogen-bond donors (Lipinski definition) is 1. The number of nitrogens with zero attached hydrogens (tertiary/aromatic N) is 1. The number of quaternary nitrogens is 1. The second-order valence-electron chi connectivity index (χ2n) is 23.1. The Morgan fingerprint density at radius 1 is 0.400 bits per heavy atom. The van der Waals surface area contributed by atoms with Crippen LogP contribution >= 0.6 is 0 Å². The zero-order chi connectivity index (χ0) is 54.8. The number of likely N-dealkylation sites (N-methyl/N-ethyl adjacent to an activating group) is 1. The zero-order valence-electron chi connectivity index (χ0n) is 50.2. The summed E-state index contributed by atoms with van der Waals surface area (Å²) in [7, 11) is 5.98. The molecule has 0 bridgehead atoms. The minimum absolute atomic E-state index is 0.176. The molecule has 0 heterocycles. The van der Waals surface area contributed by atoms with Crippen LogP contribution in [0.2, 0.25) is 0 Å². The van der Waals surface area contributed by atoms with Gasteiger partial charge in [0.25, 0.3) is 6.29 Å². The molecule has 440 valence electrons. The normalized spacial score (nSPS) is 12.9. The average molecular weight is 1060 g/mol. The number of carboxylic acid groups (broad SMARTS) is 1. The molecule has 0 aliphatic carbocycles. The Labute approximate surface area is 464 Å². The maximum atomic E-state index is 12.9. The van der Waals surface area contributed by atoms with Gasteiger partial charge in [-0.15, -0.1) is 0 Å². The molecule has 0 fully saturated rings. The van der Waals surface area contributed by atoms with Crippen molar-refractivity contribution in [3.05, 3.63) is 36.5 Å². The number of carboxylic acids is 1. The van der Waals surface area contributed by atoms with Crippen LogP contribution in [0.3, 0.4) is 0 Å². The second-order valence-corrected chi connectivity index (χ2v) is 23.1. The third-order valence-electron chi connectivity index (χ3n) is 14.4. The van der Waals surface area contributed by atoms with Crippen LogP contribution < -0.4 is 0 Å². The van der Waals surface area contributed by atoms with E-state index in [4.69, 9.17) is 18.9 Å². The van der Waals surface area contributed by atoms with E-state index in [2.05, 4.69) is 50.3 Å². The largest absolute Gasteiger partial charge is 0.477 e. The first-order valence-electron chi connectivity index (χ1n) is 32.2. The fourth-order valence-corrected chi connectivity index (χ4v) is 9.44. The van der Waals surface area contributed by atoms with E-state index < -0.39 is 18.4 Å². The molecule has 0 amide bonds. The number of carbonyl (C=O) groups is 3. The van der Waals surface area contributed by atoms with E-state index in [1.165, 1.54) is 231 Å². The number of aliphatic carboxylic acids is 1. The fourth-order valence-electron chi connectivity index (χ4n) is 9.44. The van der Waals surface area contributed by atoms with Gasteiger partial charge in [-0.3, -0.25) is 9.59 Å². The van der Waals surface area contributed by atoms with Gasteiger partial charge < -0.3 is 28.5 Å². The Kier molecular flexibility index (Phi) is 55.8. The van der Waals surface area contributed by atoms with E-state index in [0.717, 1.165) is 51.4 Å². The molecular weight excluding hydrogens is 935 g/mol. The molecule has 0 aliphatic rings. The van der Waals surface area contributed by atoms with Gasteiger partial charge in [0, 0.05) is 12.8 Å². The van der Waals surface area contributed by atoms with Gasteiger partial charge in [0.15, 0.2) is 6.10 Å². The maximum Gasteiger partial charge on any atom is 0.361 e. The van der Waals surface area contributed by atoms with Crippen molar-refractivity contribution in [2.75, 3.05) is 47.5 Å². The molecule has 2 atom stereocenters. The van der Waals surface area contributed by atoms with Gasteiger partial charge in [-0.2, -0.15) is 0 Å². The molecule has 0 aliphatic heterocycles. The Morgan fingerprint density at radius 3 is 1.07 bits per heavy atom. The highest BCUT2D eigenvalue weighted by atomic mass is 16.7. The summed E-state index contributed by atoms with van der Waals surface area (Å²) in [6.07, 6.45) is 68.1. The number of allylic oxidation sites excluding steroid dienone is 6. The van der Waals surface area contributed by atoms with Crippen LogP contribution in [-0.4, -0.2) is 87.4 Å². The molecule has 0 aromatic carbocycles. The predicted octanol–water partition coefficient (Wildman–Crippen LogP) is 19.2. The summed E-state index contributed by atoms with van der Waals surface area (Å²) in [6, 6.07) is 0. The highest BCUT2D eigenvalue weighted by molar-refractivity contribution is 5.71. The van der Waals surface area contributed by atoms with E-state index in [0.29, 0.717) is 17.4 Å². The number of hydrogen-bond acceptors (Lipinski definition) is 7. The Morgan fingerprint density at radius 2 is 0.720 bits per heavy atom. The Balaban J connectivity index is 4.07. The molecule has 2 unspecified atom stereocenters. The standard InChI is InChI=1S/C66H123NO8/c1-6-8-10-12-14-16-18-20-22-24-25-26-27-28-29-30-31-32-33-34-35-36-37-38-39-41-43-45-47-49-51-53-55-57-64(69)75-62(61-74-66(65(70)71)72-59-58-67(3,4)5)60-73-63(68)56-54-52-50-48-46-44-42-40-23-21-19-17-15-13-11-9-7-2/h18,20,24-25,27-28,62,66H,6-17,19,21-23,26,29-61H2,1-5H3/p+1/b20-18-,25-24-,28-27-. The van der Waals surface area contributed by atoms with Crippen LogP contribution in [0.25, 0.3) is 0 Å². The van der Waals surface area contributed by atoms with E-state index in [-0.39, 0.29) is 38.2 Å². The van der Waals surface area contributed by atoms with Crippen molar-refractivity contribution in [3.63, 3.8) is 0 Å². The summed E-state index contributed by atoms with van der Waals surface area (Å²) in [4.78, 5) is 37.5. The molecule has 0 aromatic heterocycles.